The van der Waals surface area contributed by atoms with Crippen molar-refractivity contribution in [3.63, 3.8) is 0 Å². The van der Waals surface area contributed by atoms with Gasteiger partial charge in [0.1, 0.15) is 5.92 Å². The molecule has 35 heavy (non-hydrogen) atoms. The molecule has 0 N–H and O–H groups in total. The van der Waals surface area contributed by atoms with Crippen LogP contribution in [0.2, 0.25) is 0 Å². The maximum atomic E-state index is 13.4. The van der Waals surface area contributed by atoms with Gasteiger partial charge in [0.25, 0.3) is 5.69 Å². The van der Waals surface area contributed by atoms with Crippen molar-refractivity contribution in [2.45, 2.75) is 39.0 Å². The maximum Gasteiger partial charge on any atom is 0.336 e. The van der Waals surface area contributed by atoms with E-state index >= 15 is 0 Å². The molecule has 1 aliphatic heterocycles. The number of rotatable bonds is 8. The molecule has 1 heterocycles. The Morgan fingerprint density at radius 2 is 1.69 bits per heavy atom. The fourth-order valence-corrected chi connectivity index (χ4v) is 4.91. The third kappa shape index (κ3) is 4.87. The smallest absolute Gasteiger partial charge is 0.336 e. The number of esters is 2. The van der Waals surface area contributed by atoms with Gasteiger partial charge >= 0.3 is 11.9 Å². The molecule has 0 bridgehead atoms. The Kier molecular flexibility index (Phi) is 7.10. The molecular weight excluding hydrogens is 448 g/mol. The van der Waals surface area contributed by atoms with Crippen LogP contribution in [0.5, 0.6) is 0 Å². The fraction of sp³-hybridized carbons (Fsp3) is 0.370. The number of allylic oxidation sites excluding steroid dienone is 1. The lowest BCUT2D eigenvalue weighted by Crippen LogP contribution is -2.37. The molecule has 0 aromatic heterocycles. The first kappa shape index (κ1) is 24.3. The first-order chi connectivity index (χ1) is 16.9. The van der Waals surface area contributed by atoms with Crippen LogP contribution in [0.3, 0.4) is 0 Å². The van der Waals surface area contributed by atoms with Gasteiger partial charge < -0.3 is 9.47 Å². The molecular formula is C27H28N2O6. The van der Waals surface area contributed by atoms with Crippen molar-refractivity contribution < 1.29 is 24.0 Å². The number of aliphatic imine (C=N–C) groups is 1. The zero-order valence-corrected chi connectivity index (χ0v) is 20.0. The van der Waals surface area contributed by atoms with Gasteiger partial charge in [0.05, 0.1) is 29.4 Å². The molecule has 0 amide bonds. The highest BCUT2D eigenvalue weighted by molar-refractivity contribution is 6.07. The van der Waals surface area contributed by atoms with Crippen LogP contribution in [0.15, 0.2) is 70.9 Å². The molecule has 1 saturated carbocycles. The molecule has 8 nitrogen and oxygen atoms in total. The standard InChI is InChI=1S/C27H28N2O6/c1-4-34-26(30)22-16(3)28-25(21-15-20(21)17-10-7-6-8-11-17)24(27(31)35-5-2)23(22)18-12-9-13-19(14-18)29(32)33/h6-14,20-23H,4-5,15H2,1-3H3/t20-,21+,22?,23?/m0/s1. The van der Waals surface area contributed by atoms with Gasteiger partial charge in [0.2, 0.25) is 0 Å². The maximum absolute atomic E-state index is 13.4. The van der Waals surface area contributed by atoms with Crippen LogP contribution in [-0.2, 0) is 19.1 Å². The van der Waals surface area contributed by atoms with Crippen LogP contribution in [0.25, 0.3) is 0 Å². The van der Waals surface area contributed by atoms with E-state index in [0.29, 0.717) is 17.0 Å². The zero-order valence-electron chi connectivity index (χ0n) is 20.0. The van der Waals surface area contributed by atoms with E-state index < -0.39 is 28.7 Å². The summed E-state index contributed by atoms with van der Waals surface area (Å²) in [4.78, 5) is 42.3. The summed E-state index contributed by atoms with van der Waals surface area (Å²) in [6.07, 6.45) is 0.810. The second kappa shape index (κ2) is 10.2. The third-order valence-corrected chi connectivity index (χ3v) is 6.51. The predicted molar refractivity (Wildman–Crippen MR) is 130 cm³/mol. The fourth-order valence-electron chi connectivity index (χ4n) is 4.91. The molecule has 0 spiro atoms. The van der Waals surface area contributed by atoms with Gasteiger partial charge in [-0.05, 0) is 44.2 Å². The molecule has 4 rings (SSSR count). The van der Waals surface area contributed by atoms with Crippen LogP contribution in [0.1, 0.15) is 50.2 Å². The van der Waals surface area contributed by atoms with E-state index in [2.05, 4.69) is 0 Å². The van der Waals surface area contributed by atoms with Crippen molar-refractivity contribution in [1.82, 2.24) is 0 Å². The van der Waals surface area contributed by atoms with Crippen LogP contribution < -0.4 is 0 Å². The molecule has 2 aromatic carbocycles. The Morgan fingerprint density at radius 1 is 1.00 bits per heavy atom. The average Bonchev–Trinajstić information content (AvgIpc) is 3.65. The van der Waals surface area contributed by atoms with Crippen molar-refractivity contribution in [3.05, 3.63) is 87.1 Å². The molecule has 0 saturated heterocycles. The Labute approximate surface area is 203 Å². The van der Waals surface area contributed by atoms with Crippen molar-refractivity contribution in [3.8, 4) is 0 Å². The van der Waals surface area contributed by atoms with E-state index in [1.165, 1.54) is 12.1 Å². The normalized spacial score (nSPS) is 23.3. The first-order valence-corrected chi connectivity index (χ1v) is 11.8. The van der Waals surface area contributed by atoms with Crippen molar-refractivity contribution in [2.24, 2.45) is 16.8 Å². The molecule has 4 atom stereocenters. The van der Waals surface area contributed by atoms with Gasteiger partial charge in [-0.15, -0.1) is 0 Å². The number of ether oxygens (including phenoxy) is 2. The summed E-state index contributed by atoms with van der Waals surface area (Å²) < 4.78 is 10.8. The molecule has 8 heteroatoms. The lowest BCUT2D eigenvalue weighted by atomic mass is 9.74. The number of carbonyl (C=O) groups excluding carboxylic acids is 2. The largest absolute Gasteiger partial charge is 0.465 e. The number of benzene rings is 2. The van der Waals surface area contributed by atoms with Crippen LogP contribution >= 0.6 is 0 Å². The number of nitro benzene ring substituents is 1. The summed E-state index contributed by atoms with van der Waals surface area (Å²) in [5, 5.41) is 11.5. The molecule has 2 unspecified atom stereocenters. The van der Waals surface area contributed by atoms with Crippen LogP contribution in [0.4, 0.5) is 5.69 Å². The Bertz CT molecular complexity index is 1200. The Morgan fingerprint density at radius 3 is 2.34 bits per heavy atom. The highest BCUT2D eigenvalue weighted by atomic mass is 16.6. The minimum Gasteiger partial charge on any atom is -0.465 e. The number of carbonyl (C=O) groups is 2. The molecule has 1 aliphatic carbocycles. The quantitative estimate of drug-likeness (QED) is 0.303. The number of nitrogens with zero attached hydrogens (tertiary/aromatic N) is 2. The van der Waals surface area contributed by atoms with E-state index in [9.17, 15) is 19.7 Å². The topological polar surface area (TPSA) is 108 Å². The minimum absolute atomic E-state index is 0.0175. The van der Waals surface area contributed by atoms with Gasteiger partial charge in [-0.25, -0.2) is 4.79 Å². The van der Waals surface area contributed by atoms with E-state index in [1.807, 2.05) is 30.3 Å². The summed E-state index contributed by atoms with van der Waals surface area (Å²) in [5.74, 6) is -2.62. The summed E-state index contributed by atoms with van der Waals surface area (Å²) in [6, 6.07) is 16.1. The van der Waals surface area contributed by atoms with Gasteiger partial charge in [-0.2, -0.15) is 0 Å². The van der Waals surface area contributed by atoms with Gasteiger partial charge in [0.15, 0.2) is 0 Å². The molecule has 182 valence electrons. The predicted octanol–water partition coefficient (Wildman–Crippen LogP) is 4.95. The minimum atomic E-state index is -0.894. The molecule has 2 aromatic rings. The van der Waals surface area contributed by atoms with Crippen LogP contribution in [-0.4, -0.2) is 35.8 Å². The van der Waals surface area contributed by atoms with Gasteiger partial charge in [-0.3, -0.25) is 19.9 Å². The van der Waals surface area contributed by atoms with Crippen molar-refractivity contribution >= 4 is 23.3 Å². The highest BCUT2D eigenvalue weighted by Gasteiger charge is 2.50. The van der Waals surface area contributed by atoms with Gasteiger partial charge in [0, 0.05) is 29.7 Å². The monoisotopic (exact) mass is 476 g/mol. The second-order valence-electron chi connectivity index (χ2n) is 8.69. The lowest BCUT2D eigenvalue weighted by Gasteiger charge is -2.32. The summed E-state index contributed by atoms with van der Waals surface area (Å²) in [6.45, 7) is 5.47. The average molecular weight is 477 g/mol. The molecule has 1 fully saturated rings. The van der Waals surface area contributed by atoms with Crippen molar-refractivity contribution in [2.75, 3.05) is 13.2 Å². The van der Waals surface area contributed by atoms with E-state index in [1.54, 1.807) is 32.9 Å². The molecule has 0 radical (unpaired) electrons. The van der Waals surface area contributed by atoms with Crippen molar-refractivity contribution in [1.29, 1.82) is 0 Å². The van der Waals surface area contributed by atoms with E-state index in [4.69, 9.17) is 14.5 Å². The number of nitro groups is 1. The Hall–Kier alpha value is -3.81. The zero-order chi connectivity index (χ0) is 25.1. The summed E-state index contributed by atoms with van der Waals surface area (Å²) >= 11 is 0. The van der Waals surface area contributed by atoms with Gasteiger partial charge in [-0.1, -0.05) is 42.5 Å². The highest BCUT2D eigenvalue weighted by Crippen LogP contribution is 2.56. The Balaban J connectivity index is 1.88. The van der Waals surface area contributed by atoms with Crippen LogP contribution in [0, 0.1) is 22.0 Å². The third-order valence-electron chi connectivity index (χ3n) is 6.51. The second-order valence-corrected chi connectivity index (χ2v) is 8.69. The molecule has 2 aliphatic rings. The van der Waals surface area contributed by atoms with E-state index in [0.717, 1.165) is 12.0 Å². The lowest BCUT2D eigenvalue weighted by molar-refractivity contribution is -0.384. The summed E-state index contributed by atoms with van der Waals surface area (Å²) in [7, 11) is 0. The SMILES string of the molecule is CCOC(=O)C1=C([C@@H]2C[C@H]2c2ccccc2)N=C(C)C(C(=O)OCC)C1c1cccc([N+](=O)[O-])c1. The number of hydrogen-bond acceptors (Lipinski definition) is 7. The van der Waals surface area contributed by atoms with E-state index in [-0.39, 0.29) is 36.3 Å². The number of hydrogen-bond donors (Lipinski definition) is 0. The first-order valence-electron chi connectivity index (χ1n) is 11.8. The summed E-state index contributed by atoms with van der Waals surface area (Å²) in [5.41, 5.74) is 2.89. The number of non-ortho nitro benzene ring substituents is 1.